The minimum absolute atomic E-state index is 0.201. The molecule has 0 saturated heterocycles. The van der Waals surface area contributed by atoms with Crippen molar-refractivity contribution in [3.63, 3.8) is 0 Å². The van der Waals surface area contributed by atoms with Gasteiger partial charge in [0.15, 0.2) is 0 Å². The molecule has 0 aliphatic heterocycles. The molecule has 0 fully saturated rings. The van der Waals surface area contributed by atoms with Crippen LogP contribution in [0.5, 0.6) is 0 Å². The number of carbonyl (C=O) groups is 1. The number of halogens is 1. The second-order valence-electron chi connectivity index (χ2n) is 4.75. The van der Waals surface area contributed by atoms with Gasteiger partial charge in [-0.05, 0) is 29.7 Å². The summed E-state index contributed by atoms with van der Waals surface area (Å²) in [5, 5.41) is 3.39. The maximum absolute atomic E-state index is 12.1. The number of hydrogen-bond donors (Lipinski definition) is 2. The van der Waals surface area contributed by atoms with Gasteiger partial charge < -0.3 is 11.1 Å². The van der Waals surface area contributed by atoms with E-state index in [-0.39, 0.29) is 11.8 Å². The largest absolute Gasteiger partial charge is 0.398 e. The van der Waals surface area contributed by atoms with Crippen molar-refractivity contribution in [2.45, 2.75) is 12.8 Å². The molecule has 1 unspecified atom stereocenters. The van der Waals surface area contributed by atoms with Crippen molar-refractivity contribution < 1.29 is 4.79 Å². The van der Waals surface area contributed by atoms with Crippen LogP contribution in [0.15, 0.2) is 48.5 Å². The minimum Gasteiger partial charge on any atom is -0.398 e. The molecule has 0 spiro atoms. The van der Waals surface area contributed by atoms with Crippen LogP contribution in [0.2, 0.25) is 5.02 Å². The number of nitrogens with one attached hydrogen (secondary N) is 1. The number of hydrogen-bond acceptors (Lipinski definition) is 2. The molecule has 2 aromatic carbocycles. The van der Waals surface area contributed by atoms with E-state index in [0.717, 1.165) is 0 Å². The molecule has 0 aliphatic rings. The lowest BCUT2D eigenvalue weighted by Crippen LogP contribution is -2.28. The van der Waals surface area contributed by atoms with Crippen molar-refractivity contribution in [3.8, 4) is 0 Å². The first-order chi connectivity index (χ1) is 9.58. The third-order valence-corrected chi connectivity index (χ3v) is 3.43. The summed E-state index contributed by atoms with van der Waals surface area (Å²) in [6.07, 6.45) is 0. The molecule has 0 heterocycles. The van der Waals surface area contributed by atoms with Crippen molar-refractivity contribution >= 4 is 23.2 Å². The Bertz CT molecular complexity index is 599. The zero-order valence-corrected chi connectivity index (χ0v) is 12.0. The van der Waals surface area contributed by atoms with Crippen LogP contribution in [0.4, 0.5) is 5.69 Å². The Balaban J connectivity index is 2.00. The number of nitrogen functional groups attached to an aromatic ring is 1. The van der Waals surface area contributed by atoms with E-state index in [1.165, 1.54) is 5.56 Å². The summed E-state index contributed by atoms with van der Waals surface area (Å²) in [4.78, 5) is 12.1. The normalized spacial score (nSPS) is 11.9. The van der Waals surface area contributed by atoms with Gasteiger partial charge in [-0.3, -0.25) is 4.79 Å². The van der Waals surface area contributed by atoms with Crippen molar-refractivity contribution in [3.05, 3.63) is 64.7 Å². The van der Waals surface area contributed by atoms with Gasteiger partial charge in [0.05, 0.1) is 5.56 Å². The first-order valence-electron chi connectivity index (χ1n) is 6.46. The SMILES string of the molecule is CC(CNC(=O)c1cc(Cl)ccc1N)c1ccccc1. The van der Waals surface area contributed by atoms with Crippen LogP contribution in [-0.4, -0.2) is 12.5 Å². The summed E-state index contributed by atoms with van der Waals surface area (Å²) in [5.74, 6) is 0.0355. The molecule has 3 N–H and O–H groups in total. The van der Waals surface area contributed by atoms with Crippen molar-refractivity contribution in [1.82, 2.24) is 5.32 Å². The van der Waals surface area contributed by atoms with Gasteiger partial charge in [-0.2, -0.15) is 0 Å². The third-order valence-electron chi connectivity index (χ3n) is 3.20. The van der Waals surface area contributed by atoms with Crippen LogP contribution in [-0.2, 0) is 0 Å². The molecule has 0 aromatic heterocycles. The zero-order chi connectivity index (χ0) is 14.5. The average Bonchev–Trinajstić information content (AvgIpc) is 2.47. The predicted molar refractivity (Wildman–Crippen MR) is 83.1 cm³/mol. The quantitative estimate of drug-likeness (QED) is 0.847. The topological polar surface area (TPSA) is 55.1 Å². The summed E-state index contributed by atoms with van der Waals surface area (Å²) < 4.78 is 0. The Labute approximate surface area is 123 Å². The second kappa shape index (κ2) is 6.44. The van der Waals surface area contributed by atoms with Gasteiger partial charge in [-0.15, -0.1) is 0 Å². The van der Waals surface area contributed by atoms with Gasteiger partial charge in [0.1, 0.15) is 0 Å². The number of nitrogens with two attached hydrogens (primary N) is 1. The molecule has 0 radical (unpaired) electrons. The average molecular weight is 289 g/mol. The highest BCUT2D eigenvalue weighted by atomic mass is 35.5. The summed E-state index contributed by atoms with van der Waals surface area (Å²) in [6, 6.07) is 14.9. The van der Waals surface area contributed by atoms with Gasteiger partial charge >= 0.3 is 0 Å². The van der Waals surface area contributed by atoms with Gasteiger partial charge in [-0.25, -0.2) is 0 Å². The number of anilines is 1. The standard InChI is InChI=1S/C16H17ClN2O/c1-11(12-5-3-2-4-6-12)10-19-16(20)14-9-13(17)7-8-15(14)18/h2-9,11H,10,18H2,1H3,(H,19,20). The highest BCUT2D eigenvalue weighted by Gasteiger charge is 2.12. The molecular weight excluding hydrogens is 272 g/mol. The molecule has 1 atom stereocenters. The lowest BCUT2D eigenvalue weighted by Gasteiger charge is -2.14. The van der Waals surface area contributed by atoms with Gasteiger partial charge in [0.25, 0.3) is 5.91 Å². The lowest BCUT2D eigenvalue weighted by atomic mass is 10.0. The van der Waals surface area contributed by atoms with Gasteiger partial charge in [0.2, 0.25) is 0 Å². The minimum atomic E-state index is -0.201. The predicted octanol–water partition coefficient (Wildman–Crippen LogP) is 3.46. The number of amides is 1. The van der Waals surface area contributed by atoms with Crippen LogP contribution >= 0.6 is 11.6 Å². The maximum atomic E-state index is 12.1. The highest BCUT2D eigenvalue weighted by Crippen LogP contribution is 2.18. The first kappa shape index (κ1) is 14.4. The second-order valence-corrected chi connectivity index (χ2v) is 5.19. The third kappa shape index (κ3) is 3.52. The fraction of sp³-hybridized carbons (Fsp3) is 0.188. The molecule has 1 amide bonds. The summed E-state index contributed by atoms with van der Waals surface area (Å²) >= 11 is 5.88. The zero-order valence-electron chi connectivity index (χ0n) is 11.3. The Morgan fingerprint density at radius 1 is 1.25 bits per heavy atom. The summed E-state index contributed by atoms with van der Waals surface area (Å²) in [5.41, 5.74) is 7.82. The fourth-order valence-corrected chi connectivity index (χ4v) is 2.14. The van der Waals surface area contributed by atoms with Crippen LogP contribution in [0.1, 0.15) is 28.8 Å². The Kier molecular flexibility index (Phi) is 4.64. The lowest BCUT2D eigenvalue weighted by molar-refractivity contribution is 0.0952. The number of rotatable bonds is 4. The van der Waals surface area contributed by atoms with E-state index in [9.17, 15) is 4.79 Å². The molecule has 0 aliphatic carbocycles. The van der Waals surface area contributed by atoms with E-state index < -0.39 is 0 Å². The Morgan fingerprint density at radius 3 is 2.65 bits per heavy atom. The van der Waals surface area contributed by atoms with Crippen LogP contribution in [0.3, 0.4) is 0 Å². The summed E-state index contributed by atoms with van der Waals surface area (Å²) in [7, 11) is 0. The molecule has 4 heteroatoms. The molecule has 3 nitrogen and oxygen atoms in total. The molecule has 20 heavy (non-hydrogen) atoms. The van der Waals surface area contributed by atoms with E-state index in [0.29, 0.717) is 22.8 Å². The maximum Gasteiger partial charge on any atom is 0.253 e. The first-order valence-corrected chi connectivity index (χ1v) is 6.84. The van der Waals surface area contributed by atoms with Crippen molar-refractivity contribution in [2.24, 2.45) is 0 Å². The molecular formula is C16H17ClN2O. The molecule has 0 saturated carbocycles. The number of carbonyl (C=O) groups excluding carboxylic acids is 1. The highest BCUT2D eigenvalue weighted by molar-refractivity contribution is 6.31. The van der Waals surface area contributed by atoms with Crippen molar-refractivity contribution in [2.75, 3.05) is 12.3 Å². The van der Waals surface area contributed by atoms with E-state index >= 15 is 0 Å². The monoisotopic (exact) mass is 288 g/mol. The van der Waals surface area contributed by atoms with Crippen molar-refractivity contribution in [1.29, 1.82) is 0 Å². The molecule has 104 valence electrons. The van der Waals surface area contributed by atoms with Crippen LogP contribution in [0.25, 0.3) is 0 Å². The molecule has 2 rings (SSSR count). The van der Waals surface area contributed by atoms with Crippen LogP contribution in [0, 0.1) is 0 Å². The number of benzene rings is 2. The van der Waals surface area contributed by atoms with E-state index in [1.54, 1.807) is 18.2 Å². The van der Waals surface area contributed by atoms with Crippen LogP contribution < -0.4 is 11.1 Å². The molecule has 2 aromatic rings. The van der Waals surface area contributed by atoms with E-state index in [2.05, 4.69) is 12.2 Å². The Hall–Kier alpha value is -2.00. The molecule has 0 bridgehead atoms. The summed E-state index contributed by atoms with van der Waals surface area (Å²) in [6.45, 7) is 2.62. The van der Waals surface area contributed by atoms with Gasteiger partial charge in [-0.1, -0.05) is 48.9 Å². The Morgan fingerprint density at radius 2 is 1.95 bits per heavy atom. The van der Waals surface area contributed by atoms with Gasteiger partial charge in [0, 0.05) is 17.3 Å². The fourth-order valence-electron chi connectivity index (χ4n) is 1.97. The van der Waals surface area contributed by atoms with E-state index in [4.69, 9.17) is 17.3 Å². The smallest absolute Gasteiger partial charge is 0.253 e. The van der Waals surface area contributed by atoms with E-state index in [1.807, 2.05) is 30.3 Å².